The zero-order valence-electron chi connectivity index (χ0n) is 13.4. The minimum absolute atomic E-state index is 0.124. The number of nitrogens with one attached hydrogen (secondary N) is 1. The molecule has 1 saturated carbocycles. The molecule has 0 heterocycles. The summed E-state index contributed by atoms with van der Waals surface area (Å²) in [5.74, 6) is -1.71. The van der Waals surface area contributed by atoms with Gasteiger partial charge in [0.2, 0.25) is 5.91 Å². The fourth-order valence-corrected chi connectivity index (χ4v) is 3.10. The summed E-state index contributed by atoms with van der Waals surface area (Å²) in [6.45, 7) is 9.93. The van der Waals surface area contributed by atoms with Gasteiger partial charge in [0.15, 0.2) is 0 Å². The molecule has 116 valence electrons. The molecule has 1 fully saturated rings. The van der Waals surface area contributed by atoms with E-state index in [1.807, 2.05) is 0 Å². The molecule has 1 rings (SSSR count). The molecule has 1 aliphatic carbocycles. The second kappa shape index (κ2) is 6.59. The largest absolute Gasteiger partial charge is 0.481 e. The van der Waals surface area contributed by atoms with E-state index in [0.717, 1.165) is 19.3 Å². The molecule has 0 saturated heterocycles. The summed E-state index contributed by atoms with van der Waals surface area (Å²) in [7, 11) is 0. The Labute approximate surface area is 122 Å². The van der Waals surface area contributed by atoms with E-state index in [1.54, 1.807) is 13.8 Å². The summed E-state index contributed by atoms with van der Waals surface area (Å²) in [6, 6.07) is 0.180. The van der Waals surface area contributed by atoms with Gasteiger partial charge in [-0.1, -0.05) is 47.5 Å². The first-order valence-corrected chi connectivity index (χ1v) is 7.67. The van der Waals surface area contributed by atoms with Gasteiger partial charge in [-0.25, -0.2) is 0 Å². The quantitative estimate of drug-likeness (QED) is 0.833. The van der Waals surface area contributed by atoms with Gasteiger partial charge in [-0.3, -0.25) is 9.59 Å². The Morgan fingerprint density at radius 2 is 1.65 bits per heavy atom. The predicted molar refractivity (Wildman–Crippen MR) is 79.3 cm³/mol. The van der Waals surface area contributed by atoms with E-state index < -0.39 is 17.8 Å². The van der Waals surface area contributed by atoms with Crippen LogP contribution in [-0.2, 0) is 9.59 Å². The summed E-state index contributed by atoms with van der Waals surface area (Å²) in [4.78, 5) is 23.2. The number of carbonyl (C=O) groups excluding carboxylic acids is 1. The number of rotatable bonds is 4. The van der Waals surface area contributed by atoms with Crippen molar-refractivity contribution in [1.82, 2.24) is 5.32 Å². The molecule has 0 spiro atoms. The SMILES string of the molecule is CC(C(=O)O)C(C)C(=O)NC1CCCCC1C(C)(C)C. The maximum absolute atomic E-state index is 12.3. The van der Waals surface area contributed by atoms with Gasteiger partial charge in [0.05, 0.1) is 5.92 Å². The van der Waals surface area contributed by atoms with Crippen LogP contribution in [0.1, 0.15) is 60.3 Å². The summed E-state index contributed by atoms with van der Waals surface area (Å²) >= 11 is 0. The third-order valence-electron chi connectivity index (χ3n) is 4.76. The van der Waals surface area contributed by atoms with Crippen LogP contribution in [0.5, 0.6) is 0 Å². The first-order valence-electron chi connectivity index (χ1n) is 7.67. The van der Waals surface area contributed by atoms with Crippen LogP contribution in [0.15, 0.2) is 0 Å². The average Bonchev–Trinajstić information content (AvgIpc) is 2.36. The topological polar surface area (TPSA) is 66.4 Å². The van der Waals surface area contributed by atoms with Gasteiger partial charge < -0.3 is 10.4 Å². The van der Waals surface area contributed by atoms with E-state index in [1.165, 1.54) is 6.42 Å². The molecule has 0 aromatic rings. The zero-order chi connectivity index (χ0) is 15.5. The first kappa shape index (κ1) is 17.0. The van der Waals surface area contributed by atoms with Crippen molar-refractivity contribution in [1.29, 1.82) is 0 Å². The van der Waals surface area contributed by atoms with Gasteiger partial charge in [0, 0.05) is 12.0 Å². The monoisotopic (exact) mass is 283 g/mol. The van der Waals surface area contributed by atoms with Gasteiger partial charge >= 0.3 is 5.97 Å². The summed E-state index contributed by atoms with van der Waals surface area (Å²) in [5.41, 5.74) is 0.167. The number of amides is 1. The standard InChI is InChI=1S/C16H29NO3/c1-10(11(2)15(19)20)14(18)17-13-9-7-6-8-12(13)16(3,4)5/h10-13H,6-9H2,1-5H3,(H,17,18)(H,19,20). The van der Waals surface area contributed by atoms with Crippen LogP contribution >= 0.6 is 0 Å². The van der Waals surface area contributed by atoms with Crippen LogP contribution in [0.4, 0.5) is 0 Å². The van der Waals surface area contributed by atoms with Gasteiger partial charge in [-0.15, -0.1) is 0 Å². The Morgan fingerprint density at radius 1 is 1.10 bits per heavy atom. The van der Waals surface area contributed by atoms with Crippen molar-refractivity contribution in [2.24, 2.45) is 23.2 Å². The first-order chi connectivity index (χ1) is 9.14. The lowest BCUT2D eigenvalue weighted by atomic mass is 9.69. The van der Waals surface area contributed by atoms with Crippen LogP contribution < -0.4 is 5.32 Å². The van der Waals surface area contributed by atoms with Crippen LogP contribution in [0.2, 0.25) is 0 Å². The van der Waals surface area contributed by atoms with E-state index in [2.05, 4.69) is 26.1 Å². The van der Waals surface area contributed by atoms with Crippen molar-refractivity contribution < 1.29 is 14.7 Å². The molecule has 0 bridgehead atoms. The van der Waals surface area contributed by atoms with E-state index in [0.29, 0.717) is 5.92 Å². The van der Waals surface area contributed by atoms with Crippen molar-refractivity contribution >= 4 is 11.9 Å². The molecule has 0 radical (unpaired) electrons. The number of hydrogen-bond donors (Lipinski definition) is 2. The highest BCUT2D eigenvalue weighted by atomic mass is 16.4. The Bertz CT molecular complexity index is 359. The number of carbonyl (C=O) groups is 2. The average molecular weight is 283 g/mol. The van der Waals surface area contributed by atoms with Crippen LogP contribution in [0, 0.1) is 23.2 Å². The highest BCUT2D eigenvalue weighted by Crippen LogP contribution is 2.38. The summed E-state index contributed by atoms with van der Waals surface area (Å²) in [6.07, 6.45) is 4.49. The molecule has 4 nitrogen and oxygen atoms in total. The molecule has 4 unspecified atom stereocenters. The molecule has 0 aromatic carbocycles. The Balaban J connectivity index is 2.69. The molecular formula is C16H29NO3. The Morgan fingerprint density at radius 3 is 2.15 bits per heavy atom. The smallest absolute Gasteiger partial charge is 0.307 e. The molecular weight excluding hydrogens is 254 g/mol. The van der Waals surface area contributed by atoms with Crippen molar-refractivity contribution in [2.75, 3.05) is 0 Å². The van der Waals surface area contributed by atoms with E-state index in [9.17, 15) is 9.59 Å². The summed E-state index contributed by atoms with van der Waals surface area (Å²) < 4.78 is 0. The normalized spacial score (nSPS) is 26.6. The van der Waals surface area contributed by atoms with Crippen LogP contribution in [0.25, 0.3) is 0 Å². The number of aliphatic carboxylic acids is 1. The number of hydrogen-bond acceptors (Lipinski definition) is 2. The maximum Gasteiger partial charge on any atom is 0.307 e. The fourth-order valence-electron chi connectivity index (χ4n) is 3.10. The summed E-state index contributed by atoms with van der Waals surface area (Å²) in [5, 5.41) is 12.1. The predicted octanol–water partition coefficient (Wildman–Crippen LogP) is 3.06. The lowest BCUT2D eigenvalue weighted by Crippen LogP contribution is -2.49. The fraction of sp³-hybridized carbons (Fsp3) is 0.875. The van der Waals surface area contributed by atoms with Crippen LogP contribution in [-0.4, -0.2) is 23.0 Å². The Hall–Kier alpha value is -1.06. The second-order valence-corrected chi connectivity index (χ2v) is 7.29. The Kier molecular flexibility index (Phi) is 5.60. The molecule has 0 aromatic heterocycles. The minimum Gasteiger partial charge on any atom is -0.481 e. The number of carboxylic acid groups (broad SMARTS) is 1. The third kappa shape index (κ3) is 4.22. The third-order valence-corrected chi connectivity index (χ3v) is 4.76. The minimum atomic E-state index is -0.913. The second-order valence-electron chi connectivity index (χ2n) is 7.29. The van der Waals surface area contributed by atoms with Gasteiger partial charge in [0.25, 0.3) is 0 Å². The van der Waals surface area contributed by atoms with Crippen molar-refractivity contribution in [2.45, 2.75) is 66.3 Å². The van der Waals surface area contributed by atoms with Crippen molar-refractivity contribution in [3.05, 3.63) is 0 Å². The molecule has 2 N–H and O–H groups in total. The van der Waals surface area contributed by atoms with Gasteiger partial charge in [-0.2, -0.15) is 0 Å². The molecule has 20 heavy (non-hydrogen) atoms. The van der Waals surface area contributed by atoms with Gasteiger partial charge in [0.1, 0.15) is 0 Å². The van der Waals surface area contributed by atoms with E-state index >= 15 is 0 Å². The molecule has 1 aliphatic rings. The molecule has 4 atom stereocenters. The maximum atomic E-state index is 12.3. The molecule has 4 heteroatoms. The zero-order valence-corrected chi connectivity index (χ0v) is 13.4. The number of carboxylic acids is 1. The lowest BCUT2D eigenvalue weighted by Gasteiger charge is -2.41. The molecule has 0 aliphatic heterocycles. The lowest BCUT2D eigenvalue weighted by molar-refractivity contribution is -0.146. The van der Waals surface area contributed by atoms with Gasteiger partial charge in [-0.05, 0) is 24.2 Å². The van der Waals surface area contributed by atoms with Crippen LogP contribution in [0.3, 0.4) is 0 Å². The van der Waals surface area contributed by atoms with Crippen molar-refractivity contribution in [3.63, 3.8) is 0 Å². The highest BCUT2D eigenvalue weighted by Gasteiger charge is 2.36. The van der Waals surface area contributed by atoms with Crippen molar-refractivity contribution in [3.8, 4) is 0 Å². The highest BCUT2D eigenvalue weighted by molar-refractivity contribution is 5.84. The van der Waals surface area contributed by atoms with E-state index in [-0.39, 0.29) is 17.4 Å². The van der Waals surface area contributed by atoms with E-state index in [4.69, 9.17) is 5.11 Å². The molecule has 1 amide bonds.